The van der Waals surface area contributed by atoms with Gasteiger partial charge in [-0.3, -0.25) is 22.9 Å². The summed E-state index contributed by atoms with van der Waals surface area (Å²) in [7, 11) is -16.2. The number of fused-ring (bicyclic) bond motifs is 1. The third-order valence-electron chi connectivity index (χ3n) is 6.38. The van der Waals surface area contributed by atoms with Crippen molar-refractivity contribution in [3.8, 4) is 0 Å². The van der Waals surface area contributed by atoms with Gasteiger partial charge in [0.15, 0.2) is 24.0 Å². The lowest BCUT2D eigenvalue weighted by Crippen LogP contribution is -2.35. The van der Waals surface area contributed by atoms with Gasteiger partial charge in [-0.05, 0) is 6.42 Å². The number of aromatic nitrogens is 4. The highest BCUT2D eigenvalue weighted by atomic mass is 31.3. The molecule has 2 aliphatic rings. The predicted octanol–water partition coefficient (Wildman–Crippen LogP) is -2.28. The van der Waals surface area contributed by atoms with E-state index in [0.717, 1.165) is 17.2 Å². The van der Waals surface area contributed by atoms with Gasteiger partial charge in [0, 0.05) is 6.42 Å². The van der Waals surface area contributed by atoms with Gasteiger partial charge in [0.05, 0.1) is 26.1 Å². The van der Waals surface area contributed by atoms with Crippen molar-refractivity contribution in [1.29, 1.82) is 0 Å². The van der Waals surface area contributed by atoms with Crippen LogP contribution in [0.4, 0.5) is 5.82 Å². The number of nitrogen functional groups attached to an aromatic ring is 1. The van der Waals surface area contributed by atoms with Crippen molar-refractivity contribution in [2.75, 3.05) is 25.6 Å². The van der Waals surface area contributed by atoms with Crippen molar-refractivity contribution in [2.45, 2.75) is 62.0 Å². The van der Waals surface area contributed by atoms with Gasteiger partial charge in [0.25, 0.3) is 0 Å². The maximum Gasteiger partial charge on any atom is 0.481 e. The Morgan fingerprint density at radius 1 is 0.935 bits per heavy atom. The van der Waals surface area contributed by atoms with Gasteiger partial charge in [-0.25, -0.2) is 28.6 Å². The quantitative estimate of drug-likeness (QED) is 0.0650. The second-order valence-corrected chi connectivity index (χ2v) is 13.9. The number of carbonyl (C=O) groups is 1. The fraction of sp³-hybridized carbons (Fsp3) is 0.684. The number of aliphatic hydroxyl groups is 3. The van der Waals surface area contributed by atoms with E-state index in [0.29, 0.717) is 0 Å². The van der Waals surface area contributed by atoms with Crippen molar-refractivity contribution < 1.29 is 90.6 Å². The van der Waals surface area contributed by atoms with Crippen LogP contribution in [0.1, 0.15) is 19.1 Å². The monoisotopic (exact) mass is 725 g/mol. The number of rotatable bonds is 16. The Balaban J connectivity index is 1.34. The number of nitrogens with zero attached hydrogens (tertiary/aromatic N) is 4. The summed E-state index contributed by atoms with van der Waals surface area (Å²) in [6, 6.07) is 0. The number of carboxylic acids is 1. The van der Waals surface area contributed by atoms with Crippen LogP contribution in [0.3, 0.4) is 0 Å². The first-order valence-corrected chi connectivity index (χ1v) is 17.4. The Bertz CT molecular complexity index is 1520. The second kappa shape index (κ2) is 14.6. The van der Waals surface area contributed by atoms with E-state index in [2.05, 4.69) is 32.8 Å². The fourth-order valence-corrected chi connectivity index (χ4v) is 6.97. The number of hydrogen-bond donors (Lipinski definition) is 9. The van der Waals surface area contributed by atoms with Crippen LogP contribution in [0.2, 0.25) is 0 Å². The van der Waals surface area contributed by atoms with Crippen LogP contribution in [0, 0.1) is 0 Å². The molecular formula is C19H30N5O19P3. The minimum absolute atomic E-state index is 0.0000554. The molecule has 10 N–H and O–H groups in total. The minimum atomic E-state index is -5.51. The summed E-state index contributed by atoms with van der Waals surface area (Å²) in [6.45, 7) is -2.22. The number of aliphatic hydroxyl groups excluding tert-OH is 3. The minimum Gasteiger partial charge on any atom is -0.481 e. The van der Waals surface area contributed by atoms with Crippen molar-refractivity contribution in [3.05, 3.63) is 12.7 Å². The summed E-state index contributed by atoms with van der Waals surface area (Å²) in [5, 5.41) is 39.5. The zero-order chi connectivity index (χ0) is 34.0. The molecule has 4 rings (SSSR count). The topological polar surface area (TPSA) is 364 Å². The van der Waals surface area contributed by atoms with E-state index in [1.54, 1.807) is 0 Å². The number of phosphoric ester groups is 3. The fourth-order valence-electron chi connectivity index (χ4n) is 4.33. The van der Waals surface area contributed by atoms with Crippen molar-refractivity contribution in [2.24, 2.45) is 0 Å². The number of ether oxygens (including phenoxy) is 3. The number of imidazole rings is 1. The molecule has 260 valence electrons. The summed E-state index contributed by atoms with van der Waals surface area (Å²) in [5.41, 5.74) is 5.80. The molecule has 2 aromatic heterocycles. The van der Waals surface area contributed by atoms with Crippen LogP contribution in [-0.2, 0) is 50.6 Å². The Hall–Kier alpha value is -2.05. The van der Waals surface area contributed by atoms with Gasteiger partial charge >= 0.3 is 29.4 Å². The molecule has 24 nitrogen and oxygen atoms in total. The Labute approximate surface area is 257 Å². The molecular weight excluding hydrogens is 695 g/mol. The highest BCUT2D eigenvalue weighted by Gasteiger charge is 2.50. The summed E-state index contributed by atoms with van der Waals surface area (Å²) in [5.74, 6) is -1.15. The van der Waals surface area contributed by atoms with Gasteiger partial charge in [0.2, 0.25) is 0 Å². The second-order valence-electron chi connectivity index (χ2n) is 9.70. The molecule has 0 radical (unpaired) electrons. The van der Waals surface area contributed by atoms with E-state index in [1.165, 1.54) is 0 Å². The Morgan fingerprint density at radius 3 is 2.17 bits per heavy atom. The number of carboxylic acid groups (broad SMARTS) is 1. The number of phosphoric acid groups is 3. The first-order valence-electron chi connectivity index (χ1n) is 12.9. The SMILES string of the molecule is Nc1ncnc2c1ncn2[C@@H]1O[C@H](COP(=O)(O)OP(=O)(O)OC[C@H]2O[C@@H](OCCCC(=O)O)[C@H](O)[C@@H]2O)[C@@H](O)[C@H]1OP(=O)(O)O. The van der Waals surface area contributed by atoms with E-state index in [9.17, 15) is 53.4 Å². The van der Waals surface area contributed by atoms with Gasteiger partial charge in [-0.15, -0.1) is 0 Å². The van der Waals surface area contributed by atoms with Gasteiger partial charge < -0.3 is 59.9 Å². The van der Waals surface area contributed by atoms with Crippen molar-refractivity contribution in [3.63, 3.8) is 0 Å². The lowest BCUT2D eigenvalue weighted by atomic mass is 10.1. The van der Waals surface area contributed by atoms with Crippen LogP contribution < -0.4 is 5.73 Å². The standard InChI is InChI=1S/C19H30N5O19P3/c20-16-11-17(22-6-21-16)24(7-23-11)18-15(42-44(30,31)32)13(28)9(40-18)5-39-46(35,36)43-45(33,34)38-4-8-12(27)14(29)19(41-8)37-3-1-2-10(25)26/h6-9,12-15,18-19,27-29H,1-5H2,(H,25,26)(H,33,34)(H,35,36)(H2,20,21,22)(H2,30,31,32)/t8-,9-,12-,13-,14-,15-,18-,19-/m1/s1. The molecule has 4 heterocycles. The molecule has 0 amide bonds. The molecule has 0 saturated carbocycles. The summed E-state index contributed by atoms with van der Waals surface area (Å²) >= 11 is 0. The predicted molar refractivity (Wildman–Crippen MR) is 143 cm³/mol. The van der Waals surface area contributed by atoms with Gasteiger partial charge in [-0.1, -0.05) is 0 Å². The molecule has 0 aliphatic carbocycles. The molecule has 0 bridgehead atoms. The molecule has 2 saturated heterocycles. The van der Waals surface area contributed by atoms with Crippen LogP contribution >= 0.6 is 23.5 Å². The molecule has 27 heteroatoms. The first kappa shape index (κ1) is 36.8. The van der Waals surface area contributed by atoms with Crippen LogP contribution in [-0.4, -0.2) is 128 Å². The number of anilines is 1. The van der Waals surface area contributed by atoms with Gasteiger partial charge in [0.1, 0.15) is 48.5 Å². The van der Waals surface area contributed by atoms with E-state index in [-0.39, 0.29) is 36.4 Å². The van der Waals surface area contributed by atoms with Crippen LogP contribution in [0.5, 0.6) is 0 Å². The number of nitrogens with two attached hydrogens (primary N) is 1. The number of hydrogen-bond acceptors (Lipinski definition) is 18. The summed E-state index contributed by atoms with van der Waals surface area (Å²) in [6.07, 6.45) is -11.4. The first-order chi connectivity index (χ1) is 21.4. The lowest BCUT2D eigenvalue weighted by Gasteiger charge is -2.22. The zero-order valence-corrected chi connectivity index (χ0v) is 25.8. The molecule has 2 aromatic rings. The third-order valence-corrected chi connectivity index (χ3v) is 9.50. The maximum atomic E-state index is 12.5. The maximum absolute atomic E-state index is 12.5. The highest BCUT2D eigenvalue weighted by molar-refractivity contribution is 7.61. The molecule has 0 spiro atoms. The molecule has 46 heavy (non-hydrogen) atoms. The summed E-state index contributed by atoms with van der Waals surface area (Å²) in [4.78, 5) is 61.0. The van der Waals surface area contributed by atoms with E-state index < -0.39 is 91.8 Å². The normalized spacial score (nSPS) is 31.2. The summed E-state index contributed by atoms with van der Waals surface area (Å²) < 4.78 is 71.5. The zero-order valence-electron chi connectivity index (χ0n) is 23.1. The average Bonchev–Trinajstić information content (AvgIpc) is 3.58. The molecule has 2 unspecified atom stereocenters. The largest absolute Gasteiger partial charge is 0.481 e. The third kappa shape index (κ3) is 9.30. The Morgan fingerprint density at radius 2 is 1.57 bits per heavy atom. The smallest absolute Gasteiger partial charge is 0.481 e. The average molecular weight is 725 g/mol. The molecule has 2 fully saturated rings. The molecule has 0 aromatic carbocycles. The van der Waals surface area contributed by atoms with E-state index in [1.807, 2.05) is 0 Å². The van der Waals surface area contributed by atoms with Crippen LogP contribution in [0.15, 0.2) is 12.7 Å². The Kier molecular flexibility index (Phi) is 11.7. The highest BCUT2D eigenvalue weighted by Crippen LogP contribution is 2.61. The van der Waals surface area contributed by atoms with Crippen LogP contribution in [0.25, 0.3) is 11.2 Å². The van der Waals surface area contributed by atoms with Crippen molar-refractivity contribution >= 4 is 46.4 Å². The molecule has 10 atom stereocenters. The van der Waals surface area contributed by atoms with Gasteiger partial charge in [-0.2, -0.15) is 4.31 Å². The number of aliphatic carboxylic acids is 1. The van der Waals surface area contributed by atoms with Crippen molar-refractivity contribution in [1.82, 2.24) is 19.5 Å². The lowest BCUT2D eigenvalue weighted by molar-refractivity contribution is -0.170. The van der Waals surface area contributed by atoms with E-state index >= 15 is 0 Å². The molecule has 2 aliphatic heterocycles. The van der Waals surface area contributed by atoms with E-state index in [4.69, 9.17) is 25.1 Å².